The molecule has 0 N–H and O–H groups in total. The minimum Gasteiger partial charge on any atom is -0.301 e. The maximum Gasteiger partial charge on any atom is 0.146 e. The molecule has 3 nitrogen and oxygen atoms in total. The van der Waals surface area contributed by atoms with Crippen LogP contribution in [-0.4, -0.2) is 19.4 Å². The van der Waals surface area contributed by atoms with Crippen molar-refractivity contribution in [2.24, 2.45) is 10.2 Å². The minimum atomic E-state index is -0.273. The molecule has 0 aromatic heterocycles. The third-order valence-electron chi connectivity index (χ3n) is 0.495. The van der Waals surface area contributed by atoms with Gasteiger partial charge in [-0.2, -0.15) is 10.2 Å². The molecule has 1 atom stereocenters. The average Bonchev–Trinajstić information content (AvgIpc) is 1.68. The molecule has 0 saturated heterocycles. The van der Waals surface area contributed by atoms with Crippen molar-refractivity contribution < 1.29 is 4.79 Å². The number of azo groups is 1. The van der Waals surface area contributed by atoms with E-state index < -0.39 is 0 Å². The predicted molar refractivity (Wildman–Crippen MR) is 26.3 cm³/mol. The number of carbonyl (C=O) groups excluding carboxylic acids is 1. The molecule has 0 spiro atoms. The van der Waals surface area contributed by atoms with Crippen LogP contribution in [0.4, 0.5) is 0 Å². The zero-order valence-corrected chi connectivity index (χ0v) is 4.46. The second-order valence-electron chi connectivity index (χ2n) is 1.19. The van der Waals surface area contributed by atoms with Crippen LogP contribution in [0, 0.1) is 0 Å². The Kier molecular flexibility index (Phi) is 3.10. The van der Waals surface area contributed by atoms with E-state index in [4.69, 9.17) is 0 Å². The standard InChI is InChI=1S/C4H8N2O/c1-4(3-7)6-5-2/h3-4H,1-2H3. The predicted octanol–water partition coefficient (Wildman–Crippen LogP) is 0.656. The summed E-state index contributed by atoms with van der Waals surface area (Å²) in [6, 6.07) is -0.273. The number of nitrogens with zero attached hydrogens (tertiary/aromatic N) is 2. The summed E-state index contributed by atoms with van der Waals surface area (Å²) in [7, 11) is 1.54. The van der Waals surface area contributed by atoms with Crippen LogP contribution in [0.5, 0.6) is 0 Å². The van der Waals surface area contributed by atoms with Gasteiger partial charge in [0.25, 0.3) is 0 Å². The number of carbonyl (C=O) groups is 1. The lowest BCUT2D eigenvalue weighted by Gasteiger charge is -1.85. The van der Waals surface area contributed by atoms with Gasteiger partial charge in [-0.3, -0.25) is 0 Å². The third kappa shape index (κ3) is 3.09. The van der Waals surface area contributed by atoms with Gasteiger partial charge in [0.15, 0.2) is 0 Å². The quantitative estimate of drug-likeness (QED) is 0.371. The summed E-state index contributed by atoms with van der Waals surface area (Å²) in [5, 5.41) is 6.90. The highest BCUT2D eigenvalue weighted by atomic mass is 16.1. The van der Waals surface area contributed by atoms with Crippen molar-refractivity contribution in [3.8, 4) is 0 Å². The normalized spacial score (nSPS) is 14.6. The van der Waals surface area contributed by atoms with E-state index in [0.29, 0.717) is 0 Å². The number of rotatable bonds is 2. The zero-order chi connectivity index (χ0) is 5.70. The van der Waals surface area contributed by atoms with E-state index in [1.807, 2.05) is 0 Å². The molecule has 0 aliphatic heterocycles. The van der Waals surface area contributed by atoms with E-state index in [-0.39, 0.29) is 6.04 Å². The Morgan fingerprint density at radius 2 is 2.29 bits per heavy atom. The van der Waals surface area contributed by atoms with Crippen molar-refractivity contribution in [3.05, 3.63) is 0 Å². The van der Waals surface area contributed by atoms with Gasteiger partial charge in [-0.1, -0.05) is 0 Å². The molecule has 3 heteroatoms. The van der Waals surface area contributed by atoms with Crippen LogP contribution < -0.4 is 0 Å². The van der Waals surface area contributed by atoms with Crippen molar-refractivity contribution in [1.29, 1.82) is 0 Å². The highest BCUT2D eigenvalue weighted by Gasteiger charge is 1.88. The maximum absolute atomic E-state index is 9.74. The van der Waals surface area contributed by atoms with E-state index in [1.165, 1.54) is 0 Å². The molecule has 1 unspecified atom stereocenters. The van der Waals surface area contributed by atoms with Gasteiger partial charge in [0.1, 0.15) is 12.3 Å². The van der Waals surface area contributed by atoms with E-state index >= 15 is 0 Å². The SMILES string of the molecule is CN=NC(C)C=O. The molecule has 0 radical (unpaired) electrons. The average molecular weight is 100 g/mol. The highest BCUT2D eigenvalue weighted by Crippen LogP contribution is 1.80. The molecule has 0 aliphatic carbocycles. The summed E-state index contributed by atoms with van der Waals surface area (Å²) in [4.78, 5) is 9.74. The van der Waals surface area contributed by atoms with Crippen molar-refractivity contribution in [3.63, 3.8) is 0 Å². The molecule has 0 saturated carbocycles. The van der Waals surface area contributed by atoms with Gasteiger partial charge in [0, 0.05) is 7.05 Å². The number of aldehydes is 1. The fourth-order valence-corrected chi connectivity index (χ4v) is 0.209. The Morgan fingerprint density at radius 1 is 1.71 bits per heavy atom. The molecule has 0 fully saturated rings. The monoisotopic (exact) mass is 100 g/mol. The van der Waals surface area contributed by atoms with Gasteiger partial charge in [-0.05, 0) is 6.92 Å². The molecule has 0 aliphatic rings. The summed E-state index contributed by atoms with van der Waals surface area (Å²) in [5.41, 5.74) is 0. The molecule has 40 valence electrons. The molecule has 7 heavy (non-hydrogen) atoms. The van der Waals surface area contributed by atoms with Crippen LogP contribution >= 0.6 is 0 Å². The van der Waals surface area contributed by atoms with Crippen LogP contribution in [0.15, 0.2) is 10.2 Å². The summed E-state index contributed by atoms with van der Waals surface area (Å²) < 4.78 is 0. The molecule has 0 heterocycles. The van der Waals surface area contributed by atoms with Gasteiger partial charge in [0.2, 0.25) is 0 Å². The fraction of sp³-hybridized carbons (Fsp3) is 0.750. The molecular weight excluding hydrogens is 92.1 g/mol. The first kappa shape index (κ1) is 6.27. The molecule has 0 aromatic carbocycles. The second kappa shape index (κ2) is 3.46. The smallest absolute Gasteiger partial charge is 0.146 e. The Balaban J connectivity index is 3.35. The van der Waals surface area contributed by atoms with Crippen molar-refractivity contribution in [2.45, 2.75) is 13.0 Å². The van der Waals surface area contributed by atoms with Gasteiger partial charge in [0.05, 0.1) is 0 Å². The molecule has 0 aromatic rings. The first-order valence-corrected chi connectivity index (χ1v) is 2.05. The first-order chi connectivity index (χ1) is 3.31. The molecular formula is C4H8N2O. The third-order valence-corrected chi connectivity index (χ3v) is 0.495. The Morgan fingerprint density at radius 3 is 2.43 bits per heavy atom. The second-order valence-corrected chi connectivity index (χ2v) is 1.19. The van der Waals surface area contributed by atoms with Gasteiger partial charge in [-0.25, -0.2) is 0 Å². The van der Waals surface area contributed by atoms with E-state index in [2.05, 4.69) is 10.2 Å². The lowest BCUT2D eigenvalue weighted by molar-refractivity contribution is -0.108. The van der Waals surface area contributed by atoms with E-state index in [0.717, 1.165) is 6.29 Å². The number of hydrogen-bond acceptors (Lipinski definition) is 3. The lowest BCUT2D eigenvalue weighted by atomic mass is 10.4. The van der Waals surface area contributed by atoms with Gasteiger partial charge in [-0.15, -0.1) is 0 Å². The van der Waals surface area contributed by atoms with Crippen molar-refractivity contribution in [1.82, 2.24) is 0 Å². The topological polar surface area (TPSA) is 41.8 Å². The van der Waals surface area contributed by atoms with Gasteiger partial charge >= 0.3 is 0 Å². The maximum atomic E-state index is 9.74. The Bertz CT molecular complexity index is 79.8. The number of hydrogen-bond donors (Lipinski definition) is 0. The van der Waals surface area contributed by atoms with Crippen molar-refractivity contribution >= 4 is 6.29 Å². The largest absolute Gasteiger partial charge is 0.301 e. The summed E-state index contributed by atoms with van der Waals surface area (Å²) in [6.45, 7) is 1.68. The van der Waals surface area contributed by atoms with Crippen LogP contribution in [0.3, 0.4) is 0 Å². The molecule has 0 bridgehead atoms. The Labute approximate surface area is 42.4 Å². The van der Waals surface area contributed by atoms with Crippen LogP contribution in [0.25, 0.3) is 0 Å². The lowest BCUT2D eigenvalue weighted by Crippen LogP contribution is -1.95. The van der Waals surface area contributed by atoms with Crippen LogP contribution in [-0.2, 0) is 4.79 Å². The van der Waals surface area contributed by atoms with Crippen LogP contribution in [0.1, 0.15) is 6.92 Å². The molecule has 0 rings (SSSR count). The summed E-state index contributed by atoms with van der Waals surface area (Å²) >= 11 is 0. The summed E-state index contributed by atoms with van der Waals surface area (Å²) in [6.07, 6.45) is 0.743. The van der Waals surface area contributed by atoms with Gasteiger partial charge < -0.3 is 4.79 Å². The van der Waals surface area contributed by atoms with E-state index in [1.54, 1.807) is 14.0 Å². The Hall–Kier alpha value is -0.730. The first-order valence-electron chi connectivity index (χ1n) is 2.05. The van der Waals surface area contributed by atoms with Crippen molar-refractivity contribution in [2.75, 3.05) is 7.05 Å². The molecule has 0 amide bonds. The van der Waals surface area contributed by atoms with E-state index in [9.17, 15) is 4.79 Å². The summed E-state index contributed by atoms with van der Waals surface area (Å²) in [5.74, 6) is 0. The zero-order valence-electron chi connectivity index (χ0n) is 4.46. The highest BCUT2D eigenvalue weighted by molar-refractivity contribution is 5.56. The minimum absolute atomic E-state index is 0.273. The van der Waals surface area contributed by atoms with Crippen LogP contribution in [0.2, 0.25) is 0 Å². The fourth-order valence-electron chi connectivity index (χ4n) is 0.209.